The van der Waals surface area contributed by atoms with E-state index >= 15 is 0 Å². The van der Waals surface area contributed by atoms with Gasteiger partial charge in [-0.25, -0.2) is 9.97 Å². The minimum absolute atomic E-state index is 0.286. The van der Waals surface area contributed by atoms with Gasteiger partial charge in [-0.3, -0.25) is 4.79 Å². The summed E-state index contributed by atoms with van der Waals surface area (Å²) in [6.45, 7) is 0.991. The Bertz CT molecular complexity index is 377. The van der Waals surface area contributed by atoms with Crippen molar-refractivity contribution in [2.45, 2.75) is 0 Å². The van der Waals surface area contributed by atoms with Crippen molar-refractivity contribution in [3.05, 3.63) is 12.4 Å². The summed E-state index contributed by atoms with van der Waals surface area (Å²) in [7, 11) is 1.53. The average molecular weight is 209 g/mol. The molecule has 0 radical (unpaired) electrons. The average Bonchev–Trinajstić information content (AvgIpc) is 2.15. The topological polar surface area (TPSA) is 75.5 Å². The second-order valence-corrected chi connectivity index (χ2v) is 3.36. The van der Waals surface area contributed by atoms with Crippen molar-refractivity contribution in [1.82, 2.24) is 9.97 Å². The Labute approximate surface area is 86.5 Å². The number of carboxylic acid groups (broad SMARTS) is 1. The van der Waals surface area contributed by atoms with Crippen molar-refractivity contribution in [3.8, 4) is 5.88 Å². The number of carboxylic acids is 1. The van der Waals surface area contributed by atoms with Crippen LogP contribution in [0.15, 0.2) is 12.4 Å². The molecule has 1 N–H and O–H groups in total. The molecule has 0 unspecified atom stereocenters. The SMILES string of the molecule is COc1cc(N2CC(C(=O)O)C2)ncn1. The molecule has 1 fully saturated rings. The first kappa shape index (κ1) is 9.70. The Kier molecular flexibility index (Phi) is 2.40. The predicted octanol–water partition coefficient (Wildman–Crippen LogP) is 0.00600. The smallest absolute Gasteiger partial charge is 0.310 e. The summed E-state index contributed by atoms with van der Waals surface area (Å²) in [5, 5.41) is 8.71. The van der Waals surface area contributed by atoms with Crippen LogP contribution < -0.4 is 9.64 Å². The van der Waals surface area contributed by atoms with E-state index in [-0.39, 0.29) is 5.92 Å². The van der Waals surface area contributed by atoms with Gasteiger partial charge in [0, 0.05) is 19.2 Å². The van der Waals surface area contributed by atoms with E-state index in [9.17, 15) is 4.79 Å². The molecule has 0 spiro atoms. The largest absolute Gasteiger partial charge is 0.481 e. The number of carbonyl (C=O) groups is 1. The van der Waals surface area contributed by atoms with Crippen LogP contribution in [-0.4, -0.2) is 41.2 Å². The van der Waals surface area contributed by atoms with Gasteiger partial charge in [0.2, 0.25) is 5.88 Å². The van der Waals surface area contributed by atoms with Crippen molar-refractivity contribution < 1.29 is 14.6 Å². The fourth-order valence-electron chi connectivity index (χ4n) is 1.44. The summed E-state index contributed by atoms with van der Waals surface area (Å²) in [5.41, 5.74) is 0. The molecule has 6 heteroatoms. The van der Waals surface area contributed by atoms with Gasteiger partial charge in [0.15, 0.2) is 0 Å². The van der Waals surface area contributed by atoms with E-state index in [0.29, 0.717) is 24.8 Å². The number of ether oxygens (including phenoxy) is 1. The number of aromatic nitrogens is 2. The lowest BCUT2D eigenvalue weighted by atomic mass is 10.0. The van der Waals surface area contributed by atoms with Gasteiger partial charge < -0.3 is 14.7 Å². The first-order valence-corrected chi connectivity index (χ1v) is 4.54. The van der Waals surface area contributed by atoms with E-state index in [1.807, 2.05) is 4.90 Å². The van der Waals surface area contributed by atoms with Crippen LogP contribution in [0.25, 0.3) is 0 Å². The van der Waals surface area contributed by atoms with Crippen molar-refractivity contribution in [2.75, 3.05) is 25.1 Å². The molecule has 2 rings (SSSR count). The highest BCUT2D eigenvalue weighted by atomic mass is 16.5. The van der Waals surface area contributed by atoms with Crippen molar-refractivity contribution in [3.63, 3.8) is 0 Å². The second-order valence-electron chi connectivity index (χ2n) is 3.36. The minimum atomic E-state index is -0.757. The Morgan fingerprint density at radius 3 is 2.93 bits per heavy atom. The quantitative estimate of drug-likeness (QED) is 0.755. The van der Waals surface area contributed by atoms with Gasteiger partial charge in [-0.15, -0.1) is 0 Å². The van der Waals surface area contributed by atoms with Crippen LogP contribution in [-0.2, 0) is 4.79 Å². The highest BCUT2D eigenvalue weighted by Gasteiger charge is 2.33. The van der Waals surface area contributed by atoms with Crippen molar-refractivity contribution in [1.29, 1.82) is 0 Å². The fraction of sp³-hybridized carbons (Fsp3) is 0.444. The molecule has 80 valence electrons. The third-order valence-corrected chi connectivity index (χ3v) is 2.39. The predicted molar refractivity (Wildman–Crippen MR) is 51.9 cm³/mol. The van der Waals surface area contributed by atoms with Crippen LogP contribution in [0.1, 0.15) is 0 Å². The van der Waals surface area contributed by atoms with E-state index in [2.05, 4.69) is 9.97 Å². The molecule has 1 aliphatic rings. The molecule has 2 heterocycles. The maximum atomic E-state index is 10.6. The molecular formula is C9H11N3O3. The second kappa shape index (κ2) is 3.72. The molecule has 0 aromatic carbocycles. The standard InChI is InChI=1S/C9H11N3O3/c1-15-8-2-7(10-5-11-8)12-3-6(4-12)9(13)14/h2,5-6H,3-4H2,1H3,(H,13,14). The lowest BCUT2D eigenvalue weighted by Gasteiger charge is -2.37. The van der Waals surface area contributed by atoms with Gasteiger partial charge in [0.1, 0.15) is 12.1 Å². The van der Waals surface area contributed by atoms with Crippen LogP contribution in [0.5, 0.6) is 5.88 Å². The molecule has 1 aromatic rings. The highest BCUT2D eigenvalue weighted by molar-refractivity contribution is 5.74. The molecule has 1 aromatic heterocycles. The van der Waals surface area contributed by atoms with Gasteiger partial charge in [-0.2, -0.15) is 0 Å². The number of methoxy groups -OCH3 is 1. The molecule has 0 atom stereocenters. The van der Waals surface area contributed by atoms with Crippen molar-refractivity contribution >= 4 is 11.8 Å². The normalized spacial score (nSPS) is 15.9. The third kappa shape index (κ3) is 1.83. The van der Waals surface area contributed by atoms with E-state index < -0.39 is 5.97 Å². The summed E-state index contributed by atoms with van der Waals surface area (Å²) >= 11 is 0. The Hall–Kier alpha value is -1.85. The molecule has 1 saturated heterocycles. The summed E-state index contributed by atoms with van der Waals surface area (Å²) in [5.74, 6) is 0.149. The first-order chi connectivity index (χ1) is 7.20. The molecule has 1 aliphatic heterocycles. The Balaban J connectivity index is 2.03. The van der Waals surface area contributed by atoms with Crippen LogP contribution >= 0.6 is 0 Å². The monoisotopic (exact) mass is 209 g/mol. The van der Waals surface area contributed by atoms with E-state index in [0.717, 1.165) is 0 Å². The summed E-state index contributed by atoms with van der Waals surface area (Å²) in [6.07, 6.45) is 1.41. The van der Waals surface area contributed by atoms with Crippen LogP contribution in [0.4, 0.5) is 5.82 Å². The summed E-state index contributed by atoms with van der Waals surface area (Å²) < 4.78 is 4.95. The van der Waals surface area contributed by atoms with Gasteiger partial charge in [0.25, 0.3) is 0 Å². The number of nitrogens with zero attached hydrogens (tertiary/aromatic N) is 3. The van der Waals surface area contributed by atoms with Gasteiger partial charge in [0.05, 0.1) is 13.0 Å². The van der Waals surface area contributed by atoms with Crippen LogP contribution in [0, 0.1) is 5.92 Å². The maximum Gasteiger partial charge on any atom is 0.310 e. The number of aliphatic carboxylic acids is 1. The Morgan fingerprint density at radius 2 is 2.33 bits per heavy atom. The molecule has 0 saturated carbocycles. The third-order valence-electron chi connectivity index (χ3n) is 2.39. The van der Waals surface area contributed by atoms with E-state index in [4.69, 9.17) is 9.84 Å². The highest BCUT2D eigenvalue weighted by Crippen LogP contribution is 2.24. The minimum Gasteiger partial charge on any atom is -0.481 e. The van der Waals surface area contributed by atoms with Crippen LogP contribution in [0.3, 0.4) is 0 Å². The lowest BCUT2D eigenvalue weighted by Crippen LogP contribution is -2.50. The van der Waals surface area contributed by atoms with E-state index in [1.54, 1.807) is 6.07 Å². The number of hydrogen-bond acceptors (Lipinski definition) is 5. The van der Waals surface area contributed by atoms with Gasteiger partial charge in [-0.05, 0) is 0 Å². The van der Waals surface area contributed by atoms with Gasteiger partial charge >= 0.3 is 5.97 Å². The maximum absolute atomic E-state index is 10.6. The number of anilines is 1. The fourth-order valence-corrected chi connectivity index (χ4v) is 1.44. The molecule has 0 amide bonds. The van der Waals surface area contributed by atoms with E-state index in [1.165, 1.54) is 13.4 Å². The molecule has 0 aliphatic carbocycles. The zero-order chi connectivity index (χ0) is 10.8. The number of hydrogen-bond donors (Lipinski definition) is 1. The summed E-state index contributed by atoms with van der Waals surface area (Å²) in [6, 6.07) is 1.69. The zero-order valence-electron chi connectivity index (χ0n) is 8.25. The molecule has 0 bridgehead atoms. The molecule has 15 heavy (non-hydrogen) atoms. The first-order valence-electron chi connectivity index (χ1n) is 4.54. The van der Waals surface area contributed by atoms with Gasteiger partial charge in [-0.1, -0.05) is 0 Å². The zero-order valence-corrected chi connectivity index (χ0v) is 8.25. The van der Waals surface area contributed by atoms with Crippen molar-refractivity contribution in [2.24, 2.45) is 5.92 Å². The number of rotatable bonds is 3. The molecular weight excluding hydrogens is 198 g/mol. The molecule has 6 nitrogen and oxygen atoms in total. The van der Waals surface area contributed by atoms with Crippen LogP contribution in [0.2, 0.25) is 0 Å². The lowest BCUT2D eigenvalue weighted by molar-refractivity contribution is -0.142. The Morgan fingerprint density at radius 1 is 1.60 bits per heavy atom. The summed E-state index contributed by atoms with van der Waals surface area (Å²) in [4.78, 5) is 20.4.